The number of amides is 1. The van der Waals surface area contributed by atoms with Gasteiger partial charge in [-0.2, -0.15) is 0 Å². The van der Waals surface area contributed by atoms with Gasteiger partial charge < -0.3 is 46.0 Å². The molecule has 0 spiro atoms. The second kappa shape index (κ2) is 46.2. The standard InChI is InChI=1S/C34H37NO2.C32H42N2O.C29H33NO2.C29H35NO/c36-33(29-20-18-28(19-21-29)27-11-4-1-5-12-27)17-10-24-35-25-22-32(23-26-35)34(37,30-13-6-2-7-14-30)31-15-8-3-9-16-31;1-31(2,3)26-18-16-25(17-19-26)30(33)15-10-22-34-23-20-29(21-24-34)32(35,27-11-6-4-7-12-27)28-13-8-5-9-14-28;1-28(2,3)23-16-14-22(15-17-23)27(31)30-20-18-26(19-21-30)29(32,24-10-6-4-7-11-24)25-12-8-5-9-13-25;1-28(2,3)24-16-14-23(15-17-24)22-30-20-18-27(19-21-30)29(31,25-10-6-4-7-11-25)26-12-8-5-9-13-26/h1-9,11-16,18-21,32-33,36-37H,10,17,22-26H2;4-9,11-14,16-19,29-30,35H,10,15,20-24,33H2,1-3H3;4-17,26,32H,18-21H2,1-3H3;4-17,27,31H,18-22H2,1-3H3. The molecule has 13 aromatic rings. The number of aliphatic hydroxyl groups excluding tert-OH is 1. The van der Waals surface area contributed by atoms with E-state index in [0.717, 1.165) is 192 Å². The van der Waals surface area contributed by atoms with Crippen LogP contribution < -0.4 is 5.73 Å². The number of piperidine rings is 4. The van der Waals surface area contributed by atoms with Crippen LogP contribution in [0.4, 0.5) is 0 Å². The van der Waals surface area contributed by atoms with Gasteiger partial charge in [-0.05, 0) is 270 Å². The summed E-state index contributed by atoms with van der Waals surface area (Å²) in [5.74, 6) is 0.692. The van der Waals surface area contributed by atoms with Gasteiger partial charge >= 0.3 is 0 Å². The summed E-state index contributed by atoms with van der Waals surface area (Å²) in [6.07, 6.45) is 10.7. The highest BCUT2D eigenvalue weighted by atomic mass is 16.3. The average molecular weight is 1800 g/mol. The Balaban J connectivity index is 0.000000145. The number of rotatable bonds is 26. The van der Waals surface area contributed by atoms with E-state index in [1.54, 1.807) is 0 Å². The van der Waals surface area contributed by atoms with Gasteiger partial charge in [0.15, 0.2) is 0 Å². The summed E-state index contributed by atoms with van der Waals surface area (Å²) in [6.45, 7) is 30.3. The number of nitrogens with two attached hydrogens (primary N) is 1. The molecule has 4 heterocycles. The highest BCUT2D eigenvalue weighted by Crippen LogP contribution is 2.48. The number of benzene rings is 13. The van der Waals surface area contributed by atoms with Crippen molar-refractivity contribution in [1.82, 2.24) is 19.6 Å². The third-order valence-corrected chi connectivity index (χ3v) is 29.4. The van der Waals surface area contributed by atoms with Crippen molar-refractivity contribution in [3.05, 3.63) is 454 Å². The molecule has 2 unspecified atom stereocenters. The molecule has 4 fully saturated rings. The maximum atomic E-state index is 13.1. The van der Waals surface area contributed by atoms with Crippen molar-refractivity contribution in [1.29, 1.82) is 0 Å². The first-order valence-corrected chi connectivity index (χ1v) is 49.8. The highest BCUT2D eigenvalue weighted by Gasteiger charge is 2.46. The van der Waals surface area contributed by atoms with Crippen LogP contribution >= 0.6 is 0 Å². The third-order valence-electron chi connectivity index (χ3n) is 29.4. The van der Waals surface area contributed by atoms with Crippen molar-refractivity contribution >= 4 is 5.91 Å². The zero-order chi connectivity index (χ0) is 95.1. The van der Waals surface area contributed by atoms with Crippen LogP contribution in [-0.4, -0.2) is 116 Å². The Bertz CT molecular complexity index is 5490. The van der Waals surface area contributed by atoms with E-state index < -0.39 is 28.5 Å². The van der Waals surface area contributed by atoms with Crippen molar-refractivity contribution in [2.45, 2.75) is 197 Å². The molecular weight excluding hydrogens is 1660 g/mol. The Morgan fingerprint density at radius 2 is 0.533 bits per heavy atom. The Hall–Kier alpha value is -11.0. The minimum Gasteiger partial charge on any atom is -0.388 e. The van der Waals surface area contributed by atoms with Gasteiger partial charge in [0.25, 0.3) is 5.91 Å². The van der Waals surface area contributed by atoms with E-state index in [1.807, 2.05) is 241 Å². The molecular formula is C124H147N5O6. The molecule has 704 valence electrons. The number of nitrogens with zero attached hydrogens (tertiary/aromatic N) is 4. The minimum absolute atomic E-state index is 0.0413. The van der Waals surface area contributed by atoms with E-state index in [2.05, 4.69) is 210 Å². The van der Waals surface area contributed by atoms with Crippen LogP contribution in [0.5, 0.6) is 0 Å². The SMILES string of the molecule is CC(C)(C)c1ccc(C(=O)N2CCC(C(O)(c3ccccc3)c3ccccc3)CC2)cc1.CC(C)(C)c1ccc(C(N)CCCN2CCC(C(O)(c3ccccc3)c3ccccc3)CC2)cc1.CC(C)(C)c1ccc(CN2CCC(C(O)(c3ccccc3)c3ccccc3)CC2)cc1.OC(CCCN1CCC(C(O)(c2ccccc2)c2ccccc2)CC1)c1ccc(-c2ccccc2)cc1. The van der Waals surface area contributed by atoms with E-state index >= 15 is 0 Å². The lowest BCUT2D eigenvalue weighted by atomic mass is 9.72. The average Bonchev–Trinajstić information content (AvgIpc) is 0.784. The Morgan fingerprint density at radius 3 is 0.830 bits per heavy atom. The van der Waals surface area contributed by atoms with Crippen LogP contribution in [0.3, 0.4) is 0 Å². The summed E-state index contributed by atoms with van der Waals surface area (Å²) in [5, 5.41) is 59.0. The molecule has 17 rings (SSSR count). The van der Waals surface area contributed by atoms with Crippen LogP contribution in [0.2, 0.25) is 0 Å². The normalized spacial score (nSPS) is 16.2. The summed E-state index contributed by atoms with van der Waals surface area (Å²) in [7, 11) is 0. The van der Waals surface area contributed by atoms with Crippen molar-refractivity contribution in [2.75, 3.05) is 65.4 Å². The lowest BCUT2D eigenvalue weighted by Gasteiger charge is -2.42. The maximum absolute atomic E-state index is 13.1. The van der Waals surface area contributed by atoms with Crippen LogP contribution in [0, 0.1) is 23.7 Å². The van der Waals surface area contributed by atoms with Gasteiger partial charge in [0.1, 0.15) is 22.4 Å². The summed E-state index contributed by atoms with van der Waals surface area (Å²) >= 11 is 0. The first-order valence-electron chi connectivity index (χ1n) is 49.8. The second-order valence-corrected chi connectivity index (χ2v) is 41.4. The van der Waals surface area contributed by atoms with Crippen LogP contribution in [0.1, 0.15) is 240 Å². The second-order valence-electron chi connectivity index (χ2n) is 41.4. The molecule has 4 aliphatic heterocycles. The van der Waals surface area contributed by atoms with E-state index in [9.17, 15) is 30.3 Å². The Morgan fingerprint density at radius 1 is 0.289 bits per heavy atom. The molecule has 0 aromatic heterocycles. The lowest BCUT2D eigenvalue weighted by molar-refractivity contribution is -0.0153. The largest absolute Gasteiger partial charge is 0.388 e. The third kappa shape index (κ3) is 25.2. The van der Waals surface area contributed by atoms with Crippen molar-refractivity contribution < 1.29 is 30.3 Å². The number of aliphatic hydroxyl groups is 5. The lowest BCUT2D eigenvalue weighted by Crippen LogP contribution is -2.46. The predicted molar refractivity (Wildman–Crippen MR) is 556 cm³/mol. The molecule has 11 nitrogen and oxygen atoms in total. The van der Waals surface area contributed by atoms with Gasteiger partial charge in [-0.1, -0.05) is 420 Å². The van der Waals surface area contributed by atoms with Crippen molar-refractivity contribution in [3.8, 4) is 11.1 Å². The fourth-order valence-corrected chi connectivity index (χ4v) is 21.0. The molecule has 0 aliphatic carbocycles. The van der Waals surface area contributed by atoms with Crippen LogP contribution in [0.15, 0.2) is 370 Å². The summed E-state index contributed by atoms with van der Waals surface area (Å²) in [5.41, 5.74) is 21.4. The molecule has 4 aliphatic rings. The van der Waals surface area contributed by atoms with E-state index in [4.69, 9.17) is 5.73 Å². The molecule has 2 atom stereocenters. The fourth-order valence-electron chi connectivity index (χ4n) is 21.0. The van der Waals surface area contributed by atoms with Crippen LogP contribution in [0.25, 0.3) is 11.1 Å². The van der Waals surface area contributed by atoms with Gasteiger partial charge in [-0.25, -0.2) is 0 Å². The topological polar surface area (TPSA) is 157 Å². The van der Waals surface area contributed by atoms with Crippen molar-refractivity contribution in [3.63, 3.8) is 0 Å². The molecule has 11 heteroatoms. The van der Waals surface area contributed by atoms with E-state index in [0.29, 0.717) is 13.1 Å². The number of hydrogen-bond donors (Lipinski definition) is 6. The monoisotopic (exact) mass is 1800 g/mol. The summed E-state index contributed by atoms with van der Waals surface area (Å²) < 4.78 is 0. The molecule has 0 bridgehead atoms. The number of likely N-dealkylation sites (tertiary alicyclic amines) is 4. The smallest absolute Gasteiger partial charge is 0.253 e. The maximum Gasteiger partial charge on any atom is 0.253 e. The van der Waals surface area contributed by atoms with Gasteiger partial charge in [0, 0.05) is 31.2 Å². The fraction of sp³-hybridized carbons (Fsp3) is 0.363. The predicted octanol–water partition coefficient (Wildman–Crippen LogP) is 25.1. The van der Waals surface area contributed by atoms with Gasteiger partial charge in [-0.3, -0.25) is 9.69 Å². The highest BCUT2D eigenvalue weighted by molar-refractivity contribution is 5.94. The van der Waals surface area contributed by atoms with E-state index in [-0.39, 0.29) is 51.9 Å². The molecule has 135 heavy (non-hydrogen) atoms. The van der Waals surface area contributed by atoms with Gasteiger partial charge in [0.2, 0.25) is 0 Å². The zero-order valence-corrected chi connectivity index (χ0v) is 81.5. The quantitative estimate of drug-likeness (QED) is 0.0308. The summed E-state index contributed by atoms with van der Waals surface area (Å²) in [4.78, 5) is 22.6. The molecule has 0 saturated carbocycles. The number of carbonyl (C=O) groups excluding carboxylic acids is 1. The molecule has 0 radical (unpaired) electrons. The number of carbonyl (C=O) groups is 1. The number of hydrogen-bond acceptors (Lipinski definition) is 10. The molecule has 4 saturated heterocycles. The van der Waals surface area contributed by atoms with E-state index in [1.165, 1.54) is 38.9 Å². The van der Waals surface area contributed by atoms with Crippen molar-refractivity contribution in [2.24, 2.45) is 29.4 Å². The first kappa shape index (κ1) is 99.9. The Kier molecular flexibility index (Phi) is 34.2. The zero-order valence-electron chi connectivity index (χ0n) is 81.5. The molecule has 7 N–H and O–H groups in total. The van der Waals surface area contributed by atoms with Crippen LogP contribution in [-0.2, 0) is 45.2 Å². The van der Waals surface area contributed by atoms with Gasteiger partial charge in [0.05, 0.1) is 6.10 Å². The molecule has 13 aromatic carbocycles. The first-order chi connectivity index (χ1) is 65.1. The summed E-state index contributed by atoms with van der Waals surface area (Å²) in [6, 6.07) is 126. The minimum atomic E-state index is -1.06. The van der Waals surface area contributed by atoms with Gasteiger partial charge in [-0.15, -0.1) is 0 Å². The Labute approximate surface area is 806 Å². The molecule has 1 amide bonds.